The molecule has 0 atom stereocenters. The number of carbonyl (C=O) groups excluding carboxylic acids is 1. The van der Waals surface area contributed by atoms with Gasteiger partial charge in [0, 0.05) is 10.6 Å². The molecule has 110 valence electrons. The summed E-state index contributed by atoms with van der Waals surface area (Å²) in [6.45, 7) is 0.330. The van der Waals surface area contributed by atoms with Crippen LogP contribution in [0.25, 0.3) is 0 Å². The number of esters is 1. The molecule has 2 aromatic rings. The first-order valence-electron chi connectivity index (χ1n) is 6.50. The number of ether oxygens (including phenoxy) is 2. The second-order valence-corrected chi connectivity index (χ2v) is 5.39. The Morgan fingerprint density at radius 3 is 2.62 bits per heavy atom. The van der Waals surface area contributed by atoms with Gasteiger partial charge in [-0.25, -0.2) is 4.79 Å². The summed E-state index contributed by atoms with van der Waals surface area (Å²) in [5.74, 6) is 0.631. The van der Waals surface area contributed by atoms with E-state index in [1.807, 2.05) is 30.3 Å². The molecule has 2 aromatic carbocycles. The van der Waals surface area contributed by atoms with Gasteiger partial charge in [-0.1, -0.05) is 24.3 Å². The van der Waals surface area contributed by atoms with E-state index in [-0.39, 0.29) is 0 Å². The Hall–Kier alpha value is -2.14. The maximum absolute atomic E-state index is 12.0. The molecule has 0 heterocycles. The van der Waals surface area contributed by atoms with Crippen LogP contribution in [0.1, 0.15) is 10.4 Å². The average molecular weight is 303 g/mol. The standard InChI is InChI=1S/C16H17NO3S/c1-19-15-13(8-5-9-14(15)17)16(18)20-10-11-21-12-6-3-2-4-7-12/h2-9H,10-11,17H2,1H3. The quantitative estimate of drug-likeness (QED) is 0.384. The summed E-state index contributed by atoms with van der Waals surface area (Å²) in [4.78, 5) is 13.2. The fourth-order valence-electron chi connectivity index (χ4n) is 1.83. The van der Waals surface area contributed by atoms with Gasteiger partial charge >= 0.3 is 5.97 Å². The number of nitrogens with two attached hydrogens (primary N) is 1. The minimum absolute atomic E-state index is 0.330. The van der Waals surface area contributed by atoms with E-state index in [1.165, 1.54) is 7.11 Å². The molecule has 2 N–H and O–H groups in total. The van der Waals surface area contributed by atoms with E-state index < -0.39 is 5.97 Å². The van der Waals surface area contributed by atoms with Gasteiger partial charge in [-0.05, 0) is 24.3 Å². The lowest BCUT2D eigenvalue weighted by Crippen LogP contribution is -2.10. The van der Waals surface area contributed by atoms with Crippen molar-refractivity contribution in [2.24, 2.45) is 0 Å². The normalized spacial score (nSPS) is 10.1. The summed E-state index contributed by atoms with van der Waals surface area (Å²) in [5.41, 5.74) is 6.53. The van der Waals surface area contributed by atoms with Gasteiger partial charge in [0.2, 0.25) is 0 Å². The monoisotopic (exact) mass is 303 g/mol. The first kappa shape index (κ1) is 15.3. The van der Waals surface area contributed by atoms with Gasteiger partial charge in [0.05, 0.1) is 12.8 Å². The molecule has 0 aliphatic rings. The van der Waals surface area contributed by atoms with Gasteiger partial charge in [-0.3, -0.25) is 0 Å². The number of methoxy groups -OCH3 is 1. The maximum atomic E-state index is 12.0. The predicted molar refractivity (Wildman–Crippen MR) is 84.9 cm³/mol. The molecule has 0 spiro atoms. The lowest BCUT2D eigenvalue weighted by Gasteiger charge is -2.10. The van der Waals surface area contributed by atoms with Crippen LogP contribution in [0.15, 0.2) is 53.4 Å². The maximum Gasteiger partial charge on any atom is 0.342 e. The molecule has 0 saturated heterocycles. The highest BCUT2D eigenvalue weighted by atomic mass is 32.2. The van der Waals surface area contributed by atoms with Crippen molar-refractivity contribution in [3.05, 3.63) is 54.1 Å². The van der Waals surface area contributed by atoms with Crippen LogP contribution in [0.4, 0.5) is 5.69 Å². The van der Waals surface area contributed by atoms with Crippen LogP contribution >= 0.6 is 11.8 Å². The molecule has 21 heavy (non-hydrogen) atoms. The Morgan fingerprint density at radius 1 is 1.14 bits per heavy atom. The van der Waals surface area contributed by atoms with E-state index >= 15 is 0 Å². The van der Waals surface area contributed by atoms with Crippen molar-refractivity contribution < 1.29 is 14.3 Å². The molecule has 0 aromatic heterocycles. The topological polar surface area (TPSA) is 61.5 Å². The third-order valence-electron chi connectivity index (χ3n) is 2.80. The van der Waals surface area contributed by atoms with E-state index in [2.05, 4.69) is 0 Å². The van der Waals surface area contributed by atoms with Crippen molar-refractivity contribution in [3.8, 4) is 5.75 Å². The summed E-state index contributed by atoms with van der Waals surface area (Å²) in [6, 6.07) is 15.0. The summed E-state index contributed by atoms with van der Waals surface area (Å²) >= 11 is 1.64. The van der Waals surface area contributed by atoms with Crippen molar-refractivity contribution in [1.29, 1.82) is 0 Å². The zero-order valence-electron chi connectivity index (χ0n) is 11.7. The molecule has 4 nitrogen and oxygen atoms in total. The summed E-state index contributed by atoms with van der Waals surface area (Å²) in [5, 5.41) is 0. The zero-order chi connectivity index (χ0) is 15.1. The number of thioether (sulfide) groups is 1. The number of anilines is 1. The smallest absolute Gasteiger partial charge is 0.342 e. The van der Waals surface area contributed by atoms with Gasteiger partial charge in [0.25, 0.3) is 0 Å². The van der Waals surface area contributed by atoms with Crippen LogP contribution in [0.3, 0.4) is 0 Å². The van der Waals surface area contributed by atoms with Gasteiger partial charge < -0.3 is 15.2 Å². The van der Waals surface area contributed by atoms with Gasteiger partial charge in [-0.15, -0.1) is 11.8 Å². The molecule has 0 aliphatic carbocycles. The van der Waals surface area contributed by atoms with Crippen LogP contribution < -0.4 is 10.5 Å². The minimum Gasteiger partial charge on any atom is -0.494 e. The van der Waals surface area contributed by atoms with Gasteiger partial charge in [0.1, 0.15) is 12.2 Å². The Kier molecular flexibility index (Phi) is 5.51. The van der Waals surface area contributed by atoms with E-state index in [9.17, 15) is 4.79 Å². The Morgan fingerprint density at radius 2 is 1.90 bits per heavy atom. The minimum atomic E-state index is -0.423. The molecule has 5 heteroatoms. The highest BCUT2D eigenvalue weighted by molar-refractivity contribution is 7.99. The SMILES string of the molecule is COc1c(N)cccc1C(=O)OCCSc1ccccc1. The second kappa shape index (κ2) is 7.59. The molecule has 0 fully saturated rings. The van der Waals surface area contributed by atoms with E-state index in [0.29, 0.717) is 29.4 Å². The molecule has 2 rings (SSSR count). The van der Waals surface area contributed by atoms with Crippen molar-refractivity contribution in [3.63, 3.8) is 0 Å². The molecular formula is C16H17NO3S. The number of benzene rings is 2. The van der Waals surface area contributed by atoms with Crippen molar-refractivity contribution in [2.75, 3.05) is 25.2 Å². The molecule has 0 saturated carbocycles. The summed E-state index contributed by atoms with van der Waals surface area (Å²) in [6.07, 6.45) is 0. The average Bonchev–Trinajstić information content (AvgIpc) is 2.52. The third-order valence-corrected chi connectivity index (χ3v) is 3.77. The number of nitrogen functional groups attached to an aromatic ring is 1. The number of rotatable bonds is 6. The molecule has 0 bridgehead atoms. The lowest BCUT2D eigenvalue weighted by molar-refractivity contribution is 0.0527. The molecule has 0 amide bonds. The summed E-state index contributed by atoms with van der Waals surface area (Å²) in [7, 11) is 1.48. The largest absolute Gasteiger partial charge is 0.494 e. The number of hydrogen-bond acceptors (Lipinski definition) is 5. The van der Waals surface area contributed by atoms with Crippen molar-refractivity contribution in [1.82, 2.24) is 0 Å². The lowest BCUT2D eigenvalue weighted by atomic mass is 10.2. The molecular weight excluding hydrogens is 286 g/mol. The van der Waals surface area contributed by atoms with Crippen LogP contribution in [0.2, 0.25) is 0 Å². The van der Waals surface area contributed by atoms with E-state index in [1.54, 1.807) is 30.0 Å². The van der Waals surface area contributed by atoms with Gasteiger partial charge in [-0.2, -0.15) is 0 Å². The molecule has 0 unspecified atom stereocenters. The van der Waals surface area contributed by atoms with Crippen LogP contribution in [-0.2, 0) is 4.74 Å². The second-order valence-electron chi connectivity index (χ2n) is 4.23. The molecule has 0 aliphatic heterocycles. The first-order chi connectivity index (χ1) is 10.2. The van der Waals surface area contributed by atoms with Crippen LogP contribution in [0.5, 0.6) is 5.75 Å². The fraction of sp³-hybridized carbons (Fsp3) is 0.188. The number of para-hydroxylation sites is 1. The first-order valence-corrected chi connectivity index (χ1v) is 7.48. The Bertz CT molecular complexity index is 602. The zero-order valence-corrected chi connectivity index (χ0v) is 12.6. The molecule has 0 radical (unpaired) electrons. The Labute approximate surface area is 128 Å². The van der Waals surface area contributed by atoms with Crippen molar-refractivity contribution >= 4 is 23.4 Å². The predicted octanol–water partition coefficient (Wildman–Crippen LogP) is 3.23. The number of carbonyl (C=O) groups is 1. The number of hydrogen-bond donors (Lipinski definition) is 1. The third kappa shape index (κ3) is 4.16. The highest BCUT2D eigenvalue weighted by Gasteiger charge is 2.15. The van der Waals surface area contributed by atoms with E-state index in [0.717, 1.165) is 4.90 Å². The Balaban J connectivity index is 1.86. The highest BCUT2D eigenvalue weighted by Crippen LogP contribution is 2.26. The summed E-state index contributed by atoms with van der Waals surface area (Å²) < 4.78 is 10.4. The van der Waals surface area contributed by atoms with Crippen molar-refractivity contribution in [2.45, 2.75) is 4.90 Å². The fourth-order valence-corrected chi connectivity index (χ4v) is 2.58. The van der Waals surface area contributed by atoms with Gasteiger partial charge in [0.15, 0.2) is 5.75 Å². The van der Waals surface area contributed by atoms with E-state index in [4.69, 9.17) is 15.2 Å². The van der Waals surface area contributed by atoms with Crippen LogP contribution in [-0.4, -0.2) is 25.4 Å². The van der Waals surface area contributed by atoms with Crippen LogP contribution in [0, 0.1) is 0 Å².